The van der Waals surface area contributed by atoms with Gasteiger partial charge in [-0.2, -0.15) is 10.4 Å². The fraction of sp³-hybridized carbons (Fsp3) is 0.167. The highest BCUT2D eigenvalue weighted by atomic mass is 16.5. The smallest absolute Gasteiger partial charge is 0.160 e. The lowest BCUT2D eigenvalue weighted by Gasteiger charge is -2.28. The van der Waals surface area contributed by atoms with Gasteiger partial charge in [0.2, 0.25) is 0 Å². The van der Waals surface area contributed by atoms with Gasteiger partial charge in [-0.15, -0.1) is 0 Å². The van der Waals surface area contributed by atoms with Crippen molar-refractivity contribution >= 4 is 5.71 Å². The molecular formula is C24H21N3O2. The minimum atomic E-state index is -0.615. The van der Waals surface area contributed by atoms with Crippen LogP contribution in [-0.4, -0.2) is 22.9 Å². The fourth-order valence-electron chi connectivity index (χ4n) is 3.67. The van der Waals surface area contributed by atoms with Crippen molar-refractivity contribution in [3.8, 4) is 17.6 Å². The summed E-state index contributed by atoms with van der Waals surface area (Å²) in [5.41, 5.74) is 3.83. The zero-order valence-electron chi connectivity index (χ0n) is 16.1. The predicted molar refractivity (Wildman–Crippen MR) is 112 cm³/mol. The molecule has 5 nitrogen and oxygen atoms in total. The molecule has 0 saturated carbocycles. The molecule has 2 atom stereocenters. The normalized spacial score (nSPS) is 16.8. The Morgan fingerprint density at radius 3 is 2.41 bits per heavy atom. The molecule has 1 N–H and O–H groups in total. The van der Waals surface area contributed by atoms with Gasteiger partial charge in [0.05, 0.1) is 24.9 Å². The highest BCUT2D eigenvalue weighted by Crippen LogP contribution is 2.40. The molecule has 144 valence electrons. The van der Waals surface area contributed by atoms with Crippen LogP contribution in [0.4, 0.5) is 0 Å². The zero-order valence-corrected chi connectivity index (χ0v) is 16.1. The largest absolute Gasteiger partial charge is 0.504 e. The van der Waals surface area contributed by atoms with Crippen LogP contribution in [0.2, 0.25) is 0 Å². The second-order valence-electron chi connectivity index (χ2n) is 6.89. The molecule has 0 unspecified atom stereocenters. The molecule has 1 heterocycles. The van der Waals surface area contributed by atoms with Crippen molar-refractivity contribution in [3.63, 3.8) is 0 Å². The quantitative estimate of drug-likeness (QED) is 0.686. The molecule has 1 aliphatic rings. The van der Waals surface area contributed by atoms with Crippen LogP contribution in [0.3, 0.4) is 0 Å². The number of nitriles is 1. The molecule has 4 rings (SSSR count). The molecule has 0 radical (unpaired) electrons. The van der Waals surface area contributed by atoms with E-state index in [0.717, 1.165) is 22.4 Å². The second kappa shape index (κ2) is 8.07. The highest BCUT2D eigenvalue weighted by molar-refractivity contribution is 6.01. The summed E-state index contributed by atoms with van der Waals surface area (Å²) in [5, 5.41) is 26.7. The SMILES string of the molecule is COc1cc([C@H](C#N)N2N=C(c3ccccc3)C[C@H]2c2ccccc2)ccc1O. The van der Waals surface area contributed by atoms with Crippen molar-refractivity contribution in [2.24, 2.45) is 5.10 Å². The number of hydrogen-bond acceptors (Lipinski definition) is 5. The number of nitrogens with zero attached hydrogens (tertiary/aromatic N) is 3. The number of rotatable bonds is 5. The molecule has 0 bridgehead atoms. The lowest BCUT2D eigenvalue weighted by Crippen LogP contribution is -2.24. The number of methoxy groups -OCH3 is 1. The Hall–Kier alpha value is -3.78. The average molecular weight is 383 g/mol. The van der Waals surface area contributed by atoms with Crippen molar-refractivity contribution in [2.45, 2.75) is 18.5 Å². The van der Waals surface area contributed by atoms with Crippen LogP contribution in [0, 0.1) is 11.3 Å². The molecular weight excluding hydrogens is 362 g/mol. The van der Waals surface area contributed by atoms with Crippen LogP contribution in [0.25, 0.3) is 0 Å². The van der Waals surface area contributed by atoms with Gasteiger partial charge in [-0.3, -0.25) is 5.01 Å². The first kappa shape index (κ1) is 18.6. The van der Waals surface area contributed by atoms with Gasteiger partial charge in [-0.05, 0) is 28.8 Å². The van der Waals surface area contributed by atoms with Crippen LogP contribution in [0.5, 0.6) is 11.5 Å². The number of hydrogen-bond donors (Lipinski definition) is 1. The molecule has 29 heavy (non-hydrogen) atoms. The molecule has 0 aliphatic carbocycles. The van der Waals surface area contributed by atoms with Crippen LogP contribution in [0.15, 0.2) is 84.0 Å². The van der Waals surface area contributed by atoms with Gasteiger partial charge in [0, 0.05) is 6.42 Å². The predicted octanol–water partition coefficient (Wildman–Crippen LogP) is 4.82. The average Bonchev–Trinajstić information content (AvgIpc) is 3.22. The number of benzene rings is 3. The number of ether oxygens (including phenoxy) is 1. The minimum Gasteiger partial charge on any atom is -0.504 e. The van der Waals surface area contributed by atoms with E-state index >= 15 is 0 Å². The Morgan fingerprint density at radius 1 is 1.07 bits per heavy atom. The molecule has 0 amide bonds. The van der Waals surface area contributed by atoms with Gasteiger partial charge >= 0.3 is 0 Å². The zero-order chi connectivity index (χ0) is 20.2. The van der Waals surface area contributed by atoms with Gasteiger partial charge < -0.3 is 9.84 Å². The molecule has 3 aromatic carbocycles. The van der Waals surface area contributed by atoms with E-state index in [4.69, 9.17) is 9.84 Å². The molecule has 1 aliphatic heterocycles. The topological polar surface area (TPSA) is 68.8 Å². The second-order valence-corrected chi connectivity index (χ2v) is 6.89. The lowest BCUT2D eigenvalue weighted by molar-refractivity contribution is 0.196. The standard InChI is InChI=1S/C24H21N3O2/c1-29-24-14-19(12-13-23(24)28)22(16-25)27-21(18-10-6-3-7-11-18)15-20(26-27)17-8-4-2-5-9-17/h2-14,21-22,28H,15H2,1H3/t21-,22-/m0/s1. The maximum absolute atomic E-state index is 10.0. The molecule has 3 aromatic rings. The van der Waals surface area contributed by atoms with Crippen LogP contribution < -0.4 is 4.74 Å². The summed E-state index contributed by atoms with van der Waals surface area (Å²) < 4.78 is 5.23. The van der Waals surface area contributed by atoms with Crippen LogP contribution in [-0.2, 0) is 0 Å². The summed E-state index contributed by atoms with van der Waals surface area (Å²) >= 11 is 0. The van der Waals surface area contributed by atoms with Gasteiger partial charge in [0.1, 0.15) is 0 Å². The Bertz CT molecular complexity index is 1060. The van der Waals surface area contributed by atoms with Crippen LogP contribution in [0.1, 0.15) is 35.2 Å². The lowest BCUT2D eigenvalue weighted by atomic mass is 9.97. The first-order valence-electron chi connectivity index (χ1n) is 9.44. The van der Waals surface area contributed by atoms with Gasteiger partial charge in [0.15, 0.2) is 17.5 Å². The summed E-state index contributed by atoms with van der Waals surface area (Å²) in [6, 6.07) is 26.8. The first-order valence-corrected chi connectivity index (χ1v) is 9.44. The van der Waals surface area contributed by atoms with Gasteiger partial charge in [0.25, 0.3) is 0 Å². The Kier molecular flexibility index (Phi) is 5.17. The maximum Gasteiger partial charge on any atom is 0.160 e. The first-order chi connectivity index (χ1) is 14.2. The maximum atomic E-state index is 10.0. The summed E-state index contributed by atoms with van der Waals surface area (Å²) in [4.78, 5) is 0. The Morgan fingerprint density at radius 2 is 1.76 bits per heavy atom. The van der Waals surface area contributed by atoms with Crippen molar-refractivity contribution in [2.75, 3.05) is 7.11 Å². The molecule has 0 aromatic heterocycles. The van der Waals surface area contributed by atoms with Gasteiger partial charge in [-0.25, -0.2) is 0 Å². The van der Waals surface area contributed by atoms with E-state index in [9.17, 15) is 10.4 Å². The third-order valence-corrected chi connectivity index (χ3v) is 5.14. The van der Waals surface area contributed by atoms with Crippen molar-refractivity contribution in [3.05, 3.63) is 95.6 Å². The molecule has 0 spiro atoms. The molecule has 5 heteroatoms. The highest BCUT2D eigenvalue weighted by Gasteiger charge is 2.34. The summed E-state index contributed by atoms with van der Waals surface area (Å²) in [6.45, 7) is 0. The summed E-state index contributed by atoms with van der Waals surface area (Å²) in [7, 11) is 1.49. The Labute approximate surface area is 170 Å². The number of phenols is 1. The molecule has 0 fully saturated rings. The van der Waals surface area contributed by atoms with Crippen molar-refractivity contribution in [1.29, 1.82) is 5.26 Å². The van der Waals surface area contributed by atoms with Crippen LogP contribution >= 0.6 is 0 Å². The monoisotopic (exact) mass is 383 g/mol. The minimum absolute atomic E-state index is 0.0439. The molecule has 0 saturated heterocycles. The number of phenolic OH excluding ortho intramolecular Hbond substituents is 1. The van der Waals surface area contributed by atoms with Crippen molar-refractivity contribution in [1.82, 2.24) is 5.01 Å². The van der Waals surface area contributed by atoms with E-state index in [2.05, 4.69) is 18.2 Å². The third kappa shape index (κ3) is 3.65. The number of aromatic hydroxyl groups is 1. The van der Waals surface area contributed by atoms with Crippen molar-refractivity contribution < 1.29 is 9.84 Å². The fourth-order valence-corrected chi connectivity index (χ4v) is 3.67. The van der Waals surface area contributed by atoms with E-state index < -0.39 is 6.04 Å². The van der Waals surface area contributed by atoms with Gasteiger partial charge in [-0.1, -0.05) is 66.7 Å². The van der Waals surface area contributed by atoms with E-state index in [0.29, 0.717) is 12.2 Å². The van der Waals surface area contributed by atoms with E-state index in [1.165, 1.54) is 7.11 Å². The third-order valence-electron chi connectivity index (χ3n) is 5.14. The van der Waals surface area contributed by atoms with E-state index in [1.54, 1.807) is 18.2 Å². The summed E-state index contributed by atoms with van der Waals surface area (Å²) in [6.07, 6.45) is 0.710. The van der Waals surface area contributed by atoms with E-state index in [1.807, 2.05) is 53.5 Å². The summed E-state index contributed by atoms with van der Waals surface area (Å²) in [5.74, 6) is 0.382. The van der Waals surface area contributed by atoms with E-state index in [-0.39, 0.29) is 11.8 Å². The number of hydrazone groups is 1. The Balaban J connectivity index is 1.77.